The van der Waals surface area contributed by atoms with Gasteiger partial charge in [-0.3, -0.25) is 0 Å². The maximum atomic E-state index is 5.11. The molecular formula is C44H31N3. The monoisotopic (exact) mass is 601 g/mol. The van der Waals surface area contributed by atoms with Crippen LogP contribution in [0.3, 0.4) is 0 Å². The molecule has 8 aromatic rings. The van der Waals surface area contributed by atoms with E-state index in [1.54, 1.807) is 0 Å². The predicted octanol–water partition coefficient (Wildman–Crippen LogP) is 11.2. The van der Waals surface area contributed by atoms with E-state index in [1.807, 2.05) is 0 Å². The number of nitrogens with zero attached hydrogens (tertiary/aromatic N) is 3. The van der Waals surface area contributed by atoms with Gasteiger partial charge in [-0.1, -0.05) is 159 Å². The Morgan fingerprint density at radius 1 is 0.362 bits per heavy atom. The quantitative estimate of drug-likeness (QED) is 0.201. The summed E-state index contributed by atoms with van der Waals surface area (Å²) in [4.78, 5) is 15.3. The lowest BCUT2D eigenvalue weighted by Crippen LogP contribution is -2.14. The van der Waals surface area contributed by atoms with Crippen molar-refractivity contribution in [3.8, 4) is 56.4 Å². The molecule has 0 saturated heterocycles. The highest BCUT2D eigenvalue weighted by Crippen LogP contribution is 2.49. The lowest BCUT2D eigenvalue weighted by Gasteiger charge is -2.21. The van der Waals surface area contributed by atoms with Gasteiger partial charge in [-0.25, -0.2) is 15.0 Å². The fourth-order valence-corrected chi connectivity index (χ4v) is 7.30. The van der Waals surface area contributed by atoms with Crippen LogP contribution in [0, 0.1) is 0 Å². The minimum atomic E-state index is -0.00340. The second-order valence-electron chi connectivity index (χ2n) is 12.9. The van der Waals surface area contributed by atoms with Crippen LogP contribution in [0.1, 0.15) is 25.0 Å². The molecule has 0 radical (unpaired) electrons. The molecule has 0 bridgehead atoms. The third kappa shape index (κ3) is 4.46. The molecule has 1 heterocycles. The van der Waals surface area contributed by atoms with Gasteiger partial charge in [0.15, 0.2) is 17.5 Å². The van der Waals surface area contributed by atoms with Crippen molar-refractivity contribution in [1.82, 2.24) is 15.0 Å². The van der Waals surface area contributed by atoms with Crippen molar-refractivity contribution in [2.45, 2.75) is 19.3 Å². The van der Waals surface area contributed by atoms with Crippen LogP contribution in [-0.4, -0.2) is 15.0 Å². The van der Waals surface area contributed by atoms with Gasteiger partial charge in [0, 0.05) is 22.1 Å². The smallest absolute Gasteiger partial charge is 0.164 e. The highest BCUT2D eigenvalue weighted by atomic mass is 15.0. The van der Waals surface area contributed by atoms with E-state index in [-0.39, 0.29) is 5.41 Å². The van der Waals surface area contributed by atoms with Crippen molar-refractivity contribution in [2.24, 2.45) is 0 Å². The fourth-order valence-electron chi connectivity index (χ4n) is 7.30. The second kappa shape index (κ2) is 10.6. The molecule has 0 aliphatic heterocycles. The van der Waals surface area contributed by atoms with Gasteiger partial charge in [-0.2, -0.15) is 0 Å². The lowest BCUT2D eigenvalue weighted by atomic mass is 9.82. The molecule has 0 amide bonds. The molecule has 222 valence electrons. The van der Waals surface area contributed by atoms with E-state index >= 15 is 0 Å². The van der Waals surface area contributed by atoms with Crippen LogP contribution in [0.25, 0.3) is 78.0 Å². The van der Waals surface area contributed by atoms with Gasteiger partial charge in [-0.05, 0) is 61.0 Å². The van der Waals surface area contributed by atoms with Crippen LogP contribution in [0.15, 0.2) is 152 Å². The molecule has 1 aliphatic rings. The molecule has 7 aromatic carbocycles. The molecule has 3 heteroatoms. The highest BCUT2D eigenvalue weighted by Gasteiger charge is 2.35. The van der Waals surface area contributed by atoms with E-state index in [9.17, 15) is 0 Å². The van der Waals surface area contributed by atoms with Gasteiger partial charge >= 0.3 is 0 Å². The Kier molecular flexibility index (Phi) is 6.16. The third-order valence-electron chi connectivity index (χ3n) is 9.76. The Labute approximate surface area is 274 Å². The maximum absolute atomic E-state index is 5.11. The first-order valence-electron chi connectivity index (χ1n) is 16.1. The summed E-state index contributed by atoms with van der Waals surface area (Å²) in [6.07, 6.45) is 0. The normalized spacial score (nSPS) is 13.1. The Hall–Kier alpha value is -5.93. The number of aromatic nitrogens is 3. The summed E-state index contributed by atoms with van der Waals surface area (Å²) in [6, 6.07) is 53.7. The molecule has 0 N–H and O–H groups in total. The SMILES string of the molecule is CC1(C)c2ccccc2-c2cc(-c3ccc(-c4nc(-c5cccc6ccccc56)nc(-c5cccc6ccccc56)n4)cc3)ccc21. The summed E-state index contributed by atoms with van der Waals surface area (Å²) in [5.41, 5.74) is 10.7. The van der Waals surface area contributed by atoms with Crippen LogP contribution in [0.5, 0.6) is 0 Å². The van der Waals surface area contributed by atoms with Gasteiger partial charge in [0.25, 0.3) is 0 Å². The average Bonchev–Trinajstić information content (AvgIpc) is 3.36. The summed E-state index contributed by atoms with van der Waals surface area (Å²) < 4.78 is 0. The highest BCUT2D eigenvalue weighted by molar-refractivity contribution is 5.97. The molecule has 9 rings (SSSR count). The van der Waals surface area contributed by atoms with Crippen molar-refractivity contribution in [3.63, 3.8) is 0 Å². The van der Waals surface area contributed by atoms with Gasteiger partial charge in [0.2, 0.25) is 0 Å². The number of benzene rings is 7. The summed E-state index contributed by atoms with van der Waals surface area (Å²) >= 11 is 0. The van der Waals surface area contributed by atoms with Crippen LogP contribution in [-0.2, 0) is 5.41 Å². The number of hydrogen-bond donors (Lipinski definition) is 0. The van der Waals surface area contributed by atoms with E-state index < -0.39 is 0 Å². The molecule has 0 unspecified atom stereocenters. The average molecular weight is 602 g/mol. The second-order valence-corrected chi connectivity index (χ2v) is 12.9. The fraction of sp³-hybridized carbons (Fsp3) is 0.0682. The van der Waals surface area contributed by atoms with Gasteiger partial charge in [-0.15, -0.1) is 0 Å². The first-order valence-corrected chi connectivity index (χ1v) is 16.1. The Bertz CT molecular complexity index is 2380. The standard InChI is InChI=1S/C44H31N3/c1-44(2)39-20-8-7-17-35(39)38-27-32(25-26-40(38)44)28-21-23-31(24-22-28)41-45-42(36-18-9-13-29-11-3-5-15-33(29)36)47-43(46-41)37-19-10-14-30-12-4-6-16-34(30)37/h3-27H,1-2H3. The molecule has 0 saturated carbocycles. The zero-order chi connectivity index (χ0) is 31.5. The predicted molar refractivity (Wildman–Crippen MR) is 194 cm³/mol. The topological polar surface area (TPSA) is 38.7 Å². The van der Waals surface area contributed by atoms with E-state index in [2.05, 4.69) is 166 Å². The van der Waals surface area contributed by atoms with Crippen molar-refractivity contribution < 1.29 is 0 Å². The van der Waals surface area contributed by atoms with Crippen LogP contribution in [0.2, 0.25) is 0 Å². The molecule has 1 aromatic heterocycles. The van der Waals surface area contributed by atoms with Crippen LogP contribution < -0.4 is 0 Å². The van der Waals surface area contributed by atoms with Crippen molar-refractivity contribution >= 4 is 21.5 Å². The van der Waals surface area contributed by atoms with Crippen LogP contribution in [0.4, 0.5) is 0 Å². The third-order valence-corrected chi connectivity index (χ3v) is 9.76. The summed E-state index contributed by atoms with van der Waals surface area (Å²) in [5.74, 6) is 1.99. The largest absolute Gasteiger partial charge is 0.208 e. The number of hydrogen-bond acceptors (Lipinski definition) is 3. The Morgan fingerprint density at radius 2 is 0.830 bits per heavy atom. The first-order chi connectivity index (χ1) is 23.0. The van der Waals surface area contributed by atoms with Crippen molar-refractivity contribution in [1.29, 1.82) is 0 Å². The van der Waals surface area contributed by atoms with E-state index in [0.29, 0.717) is 17.5 Å². The molecule has 1 aliphatic carbocycles. The molecule has 3 nitrogen and oxygen atoms in total. The molecule has 0 fully saturated rings. The van der Waals surface area contributed by atoms with Crippen molar-refractivity contribution in [3.05, 3.63) is 163 Å². The minimum Gasteiger partial charge on any atom is -0.208 e. The van der Waals surface area contributed by atoms with E-state index in [1.165, 1.54) is 27.8 Å². The first kappa shape index (κ1) is 27.4. The van der Waals surface area contributed by atoms with Gasteiger partial charge in [0.05, 0.1) is 0 Å². The van der Waals surface area contributed by atoms with Gasteiger partial charge in [0.1, 0.15) is 0 Å². The Morgan fingerprint density at radius 3 is 1.49 bits per heavy atom. The maximum Gasteiger partial charge on any atom is 0.164 e. The Balaban J connectivity index is 1.17. The number of rotatable bonds is 4. The van der Waals surface area contributed by atoms with Crippen LogP contribution >= 0.6 is 0 Å². The molecule has 0 spiro atoms. The summed E-state index contributed by atoms with van der Waals surface area (Å²) in [6.45, 7) is 4.64. The summed E-state index contributed by atoms with van der Waals surface area (Å²) in [5, 5.41) is 4.55. The van der Waals surface area contributed by atoms with Crippen molar-refractivity contribution in [2.75, 3.05) is 0 Å². The lowest BCUT2D eigenvalue weighted by molar-refractivity contribution is 0.660. The summed E-state index contributed by atoms with van der Waals surface area (Å²) in [7, 11) is 0. The number of fused-ring (bicyclic) bond motifs is 5. The van der Waals surface area contributed by atoms with Gasteiger partial charge < -0.3 is 0 Å². The zero-order valence-corrected chi connectivity index (χ0v) is 26.3. The van der Waals surface area contributed by atoms with E-state index in [0.717, 1.165) is 43.8 Å². The van der Waals surface area contributed by atoms with E-state index in [4.69, 9.17) is 15.0 Å². The molecule has 0 atom stereocenters. The molecular weight excluding hydrogens is 571 g/mol. The minimum absolute atomic E-state index is 0.00340. The molecule has 47 heavy (non-hydrogen) atoms. The zero-order valence-electron chi connectivity index (χ0n) is 26.3.